The smallest absolute Gasteiger partial charge is 0.263 e. The molecule has 6 heteroatoms. The van der Waals surface area contributed by atoms with E-state index in [0.29, 0.717) is 28.9 Å². The van der Waals surface area contributed by atoms with Crippen molar-refractivity contribution in [3.8, 4) is 5.75 Å². The number of carbonyl (C=O) groups excluding carboxylic acids is 1. The first-order chi connectivity index (χ1) is 9.88. The predicted molar refractivity (Wildman–Crippen MR) is 82.9 cm³/mol. The van der Waals surface area contributed by atoms with Crippen molar-refractivity contribution in [2.24, 2.45) is 5.92 Å². The van der Waals surface area contributed by atoms with Crippen LogP contribution in [-0.2, 0) is 4.79 Å². The van der Waals surface area contributed by atoms with Crippen LogP contribution in [0.4, 0.5) is 0 Å². The van der Waals surface area contributed by atoms with E-state index in [0.717, 1.165) is 6.42 Å². The summed E-state index contributed by atoms with van der Waals surface area (Å²) in [5.41, 5.74) is 0. The number of hydrogen-bond acceptors (Lipinski definition) is 3. The number of hydrogen-bond donors (Lipinski definition) is 1. The van der Waals surface area contributed by atoms with Gasteiger partial charge >= 0.3 is 0 Å². The summed E-state index contributed by atoms with van der Waals surface area (Å²) in [6, 6.07) is 4.89. The van der Waals surface area contributed by atoms with Gasteiger partial charge in [0.05, 0.1) is 11.1 Å². The monoisotopic (exact) mass is 331 g/mol. The number of carbonyl (C=O) groups is 1. The lowest BCUT2D eigenvalue weighted by atomic mass is 10.0. The van der Waals surface area contributed by atoms with E-state index in [9.17, 15) is 9.90 Å². The van der Waals surface area contributed by atoms with Crippen LogP contribution in [0.3, 0.4) is 0 Å². The van der Waals surface area contributed by atoms with Crippen molar-refractivity contribution in [1.82, 2.24) is 4.90 Å². The van der Waals surface area contributed by atoms with Crippen LogP contribution in [-0.4, -0.2) is 41.2 Å². The maximum absolute atomic E-state index is 12.3. The molecule has 1 aromatic rings. The second-order valence-corrected chi connectivity index (χ2v) is 6.25. The second kappa shape index (κ2) is 6.86. The molecule has 0 aromatic heterocycles. The molecule has 0 saturated carbocycles. The Morgan fingerprint density at radius 2 is 2.14 bits per heavy atom. The third-order valence-electron chi connectivity index (χ3n) is 3.76. The highest BCUT2D eigenvalue weighted by Gasteiger charge is 2.32. The van der Waals surface area contributed by atoms with E-state index >= 15 is 0 Å². The maximum Gasteiger partial charge on any atom is 0.263 e. The van der Waals surface area contributed by atoms with Crippen molar-refractivity contribution in [3.63, 3.8) is 0 Å². The fraction of sp³-hybridized carbons (Fsp3) is 0.533. The number of aliphatic hydroxyl groups is 1. The molecule has 1 saturated heterocycles. The first kappa shape index (κ1) is 16.4. The molecular formula is C15H19Cl2NO3. The summed E-state index contributed by atoms with van der Waals surface area (Å²) in [4.78, 5) is 14.1. The zero-order chi connectivity index (χ0) is 15.6. The minimum atomic E-state index is -0.628. The van der Waals surface area contributed by atoms with Crippen LogP contribution in [0.1, 0.15) is 20.3 Å². The average Bonchev–Trinajstić information content (AvgIpc) is 2.90. The Kier molecular flexibility index (Phi) is 5.36. The summed E-state index contributed by atoms with van der Waals surface area (Å²) in [7, 11) is 0. The first-order valence-corrected chi connectivity index (χ1v) is 7.72. The summed E-state index contributed by atoms with van der Waals surface area (Å²) < 4.78 is 5.63. The van der Waals surface area contributed by atoms with Crippen molar-refractivity contribution in [2.75, 3.05) is 13.1 Å². The standard InChI is InChI=1S/C15H19Cl2NO3/c1-9(19)11-5-6-18(8-11)15(20)10(2)21-14-4-3-12(16)7-13(14)17/h3-4,7,9-11,19H,5-6,8H2,1-2H3. The molecule has 1 fully saturated rings. The van der Waals surface area contributed by atoms with Crippen LogP contribution in [0.2, 0.25) is 10.0 Å². The van der Waals surface area contributed by atoms with Gasteiger partial charge in [0.1, 0.15) is 5.75 Å². The molecule has 1 amide bonds. The van der Waals surface area contributed by atoms with Crippen LogP contribution < -0.4 is 4.74 Å². The fourth-order valence-electron chi connectivity index (χ4n) is 2.45. The zero-order valence-electron chi connectivity index (χ0n) is 12.1. The molecule has 1 aliphatic rings. The average molecular weight is 332 g/mol. The van der Waals surface area contributed by atoms with Gasteiger partial charge in [0.25, 0.3) is 5.91 Å². The van der Waals surface area contributed by atoms with E-state index in [1.165, 1.54) is 0 Å². The molecule has 1 aliphatic heterocycles. The maximum atomic E-state index is 12.3. The number of amides is 1. The topological polar surface area (TPSA) is 49.8 Å². The van der Waals surface area contributed by atoms with Crippen LogP contribution >= 0.6 is 23.2 Å². The lowest BCUT2D eigenvalue weighted by molar-refractivity contribution is -0.137. The van der Waals surface area contributed by atoms with Crippen molar-refractivity contribution in [1.29, 1.82) is 0 Å². The molecule has 0 spiro atoms. The number of ether oxygens (including phenoxy) is 1. The molecule has 4 nitrogen and oxygen atoms in total. The Bertz CT molecular complexity index is 522. The molecular weight excluding hydrogens is 313 g/mol. The molecule has 0 aliphatic carbocycles. The van der Waals surface area contributed by atoms with Crippen LogP contribution in [0, 0.1) is 5.92 Å². The summed E-state index contributed by atoms with van der Waals surface area (Å²) in [6.45, 7) is 4.67. The molecule has 1 heterocycles. The molecule has 3 unspecified atom stereocenters. The molecule has 116 valence electrons. The highest BCUT2D eigenvalue weighted by atomic mass is 35.5. The van der Waals surface area contributed by atoms with Crippen molar-refractivity contribution in [3.05, 3.63) is 28.2 Å². The van der Waals surface area contributed by atoms with Gasteiger partial charge in [-0.15, -0.1) is 0 Å². The molecule has 0 bridgehead atoms. The van der Waals surface area contributed by atoms with E-state index in [-0.39, 0.29) is 11.8 Å². The lowest BCUT2D eigenvalue weighted by Gasteiger charge is -2.22. The van der Waals surface area contributed by atoms with Crippen LogP contribution in [0.15, 0.2) is 18.2 Å². The Labute approximate surface area is 134 Å². The largest absolute Gasteiger partial charge is 0.479 e. The summed E-state index contributed by atoms with van der Waals surface area (Å²) >= 11 is 11.9. The second-order valence-electron chi connectivity index (χ2n) is 5.41. The van der Waals surface area contributed by atoms with Crippen molar-refractivity contribution in [2.45, 2.75) is 32.5 Å². The van der Waals surface area contributed by atoms with E-state index in [2.05, 4.69) is 0 Å². The van der Waals surface area contributed by atoms with Gasteiger partial charge in [-0.05, 0) is 38.5 Å². The Balaban J connectivity index is 1.97. The molecule has 0 radical (unpaired) electrons. The molecule has 1 N–H and O–H groups in total. The third-order valence-corrected chi connectivity index (χ3v) is 4.29. The van der Waals surface area contributed by atoms with Gasteiger partial charge in [-0.25, -0.2) is 0 Å². The van der Waals surface area contributed by atoms with Gasteiger partial charge in [0.2, 0.25) is 0 Å². The number of rotatable bonds is 4. The Morgan fingerprint density at radius 1 is 1.43 bits per heavy atom. The predicted octanol–water partition coefficient (Wildman–Crippen LogP) is 2.99. The van der Waals surface area contributed by atoms with Gasteiger partial charge in [-0.2, -0.15) is 0 Å². The van der Waals surface area contributed by atoms with Crippen molar-refractivity contribution >= 4 is 29.1 Å². The zero-order valence-corrected chi connectivity index (χ0v) is 13.6. The third kappa shape index (κ3) is 4.02. The first-order valence-electron chi connectivity index (χ1n) is 6.97. The summed E-state index contributed by atoms with van der Waals surface area (Å²) in [5, 5.41) is 10.5. The number of halogens is 2. The van der Waals surface area contributed by atoms with E-state index in [1.54, 1.807) is 36.9 Å². The number of benzene rings is 1. The quantitative estimate of drug-likeness (QED) is 0.922. The highest BCUT2D eigenvalue weighted by Crippen LogP contribution is 2.29. The number of nitrogens with zero attached hydrogens (tertiary/aromatic N) is 1. The van der Waals surface area contributed by atoms with Gasteiger partial charge < -0.3 is 14.7 Å². The molecule has 2 rings (SSSR count). The lowest BCUT2D eigenvalue weighted by Crippen LogP contribution is -2.39. The molecule has 21 heavy (non-hydrogen) atoms. The fourth-order valence-corrected chi connectivity index (χ4v) is 2.90. The Morgan fingerprint density at radius 3 is 2.71 bits per heavy atom. The van der Waals surface area contributed by atoms with Crippen LogP contribution in [0.25, 0.3) is 0 Å². The molecule has 3 atom stereocenters. The highest BCUT2D eigenvalue weighted by molar-refractivity contribution is 6.35. The summed E-state index contributed by atoms with van der Waals surface area (Å²) in [6.07, 6.45) is -0.209. The van der Waals surface area contributed by atoms with Gasteiger partial charge in [0, 0.05) is 24.0 Å². The normalized spacial score (nSPS) is 21.2. The summed E-state index contributed by atoms with van der Waals surface area (Å²) in [5.74, 6) is 0.484. The minimum absolute atomic E-state index is 0.0934. The van der Waals surface area contributed by atoms with Gasteiger partial charge in [-0.3, -0.25) is 4.79 Å². The van der Waals surface area contributed by atoms with E-state index < -0.39 is 12.2 Å². The SMILES string of the molecule is CC(Oc1ccc(Cl)cc1Cl)C(=O)N1CCC(C(C)O)C1. The van der Waals surface area contributed by atoms with E-state index in [4.69, 9.17) is 27.9 Å². The van der Waals surface area contributed by atoms with Crippen LogP contribution in [0.5, 0.6) is 5.75 Å². The Hall–Kier alpha value is -0.970. The number of likely N-dealkylation sites (tertiary alicyclic amines) is 1. The van der Waals surface area contributed by atoms with Gasteiger partial charge in [-0.1, -0.05) is 23.2 Å². The number of aliphatic hydroxyl groups excluding tert-OH is 1. The van der Waals surface area contributed by atoms with E-state index in [1.807, 2.05) is 0 Å². The van der Waals surface area contributed by atoms with Gasteiger partial charge in [0.15, 0.2) is 6.10 Å². The molecule has 1 aromatic carbocycles. The minimum Gasteiger partial charge on any atom is -0.479 e. The van der Waals surface area contributed by atoms with Crippen molar-refractivity contribution < 1.29 is 14.6 Å².